The Morgan fingerprint density at radius 2 is 1.95 bits per heavy atom. The van der Waals surface area contributed by atoms with Gasteiger partial charge in [0, 0.05) is 23.5 Å². The van der Waals surface area contributed by atoms with Crippen LogP contribution in [0.4, 0.5) is 5.69 Å². The van der Waals surface area contributed by atoms with Gasteiger partial charge in [-0.1, -0.05) is 42.5 Å². The fourth-order valence-electron chi connectivity index (χ4n) is 2.72. The Balaban J connectivity index is 1.88. The van der Waals surface area contributed by atoms with Crippen LogP contribution in [0.1, 0.15) is 11.1 Å². The molecular formula is C18H18N2O2. The number of carboxylic acid groups (broad SMARTS) is 1. The quantitative estimate of drug-likeness (QED) is 0.674. The molecule has 3 aromatic rings. The molecule has 0 aliphatic rings. The van der Waals surface area contributed by atoms with Crippen molar-refractivity contribution in [1.82, 2.24) is 4.98 Å². The number of aromatic nitrogens is 1. The molecule has 0 saturated carbocycles. The van der Waals surface area contributed by atoms with Gasteiger partial charge in [0.1, 0.15) is 6.04 Å². The number of rotatable bonds is 5. The lowest BCUT2D eigenvalue weighted by atomic mass is 10.1. The first-order chi connectivity index (χ1) is 10.6. The average molecular weight is 294 g/mol. The van der Waals surface area contributed by atoms with Crippen molar-refractivity contribution >= 4 is 22.6 Å². The zero-order valence-corrected chi connectivity index (χ0v) is 12.3. The van der Waals surface area contributed by atoms with Gasteiger partial charge < -0.3 is 15.4 Å². The maximum atomic E-state index is 11.6. The summed E-state index contributed by atoms with van der Waals surface area (Å²) in [6.45, 7) is 2.02. The lowest BCUT2D eigenvalue weighted by molar-refractivity contribution is -0.137. The number of aromatic amines is 1. The number of aryl methyl sites for hydroxylation is 1. The van der Waals surface area contributed by atoms with Gasteiger partial charge in [-0.25, -0.2) is 4.79 Å². The van der Waals surface area contributed by atoms with Crippen molar-refractivity contribution in [2.75, 3.05) is 5.32 Å². The van der Waals surface area contributed by atoms with E-state index in [2.05, 4.69) is 10.3 Å². The number of benzene rings is 2. The van der Waals surface area contributed by atoms with Gasteiger partial charge in [0.25, 0.3) is 0 Å². The van der Waals surface area contributed by atoms with Gasteiger partial charge in [-0.2, -0.15) is 0 Å². The molecule has 4 heteroatoms. The lowest BCUT2D eigenvalue weighted by Gasteiger charge is -2.15. The topological polar surface area (TPSA) is 65.1 Å². The van der Waals surface area contributed by atoms with E-state index in [1.54, 1.807) is 0 Å². The summed E-state index contributed by atoms with van der Waals surface area (Å²) in [5.41, 5.74) is 3.95. The van der Waals surface area contributed by atoms with E-state index in [0.29, 0.717) is 6.42 Å². The van der Waals surface area contributed by atoms with Crippen molar-refractivity contribution in [3.05, 3.63) is 65.9 Å². The Morgan fingerprint density at radius 1 is 1.18 bits per heavy atom. The molecule has 0 bridgehead atoms. The van der Waals surface area contributed by atoms with Crippen LogP contribution in [0.3, 0.4) is 0 Å². The molecule has 22 heavy (non-hydrogen) atoms. The Morgan fingerprint density at radius 3 is 2.68 bits per heavy atom. The first-order valence-electron chi connectivity index (χ1n) is 7.25. The first kappa shape index (κ1) is 14.2. The molecule has 0 saturated heterocycles. The highest BCUT2D eigenvalue weighted by molar-refractivity contribution is 5.96. The van der Waals surface area contributed by atoms with Crippen molar-refractivity contribution in [1.29, 1.82) is 0 Å². The van der Waals surface area contributed by atoms with Gasteiger partial charge in [0.05, 0.1) is 5.69 Å². The van der Waals surface area contributed by atoms with Gasteiger partial charge in [0.2, 0.25) is 0 Å². The van der Waals surface area contributed by atoms with E-state index in [-0.39, 0.29) is 0 Å². The van der Waals surface area contributed by atoms with E-state index < -0.39 is 12.0 Å². The number of aliphatic carboxylic acids is 1. The summed E-state index contributed by atoms with van der Waals surface area (Å²) in [5, 5.41) is 13.7. The average Bonchev–Trinajstić information content (AvgIpc) is 2.92. The number of nitrogens with one attached hydrogen (secondary N) is 2. The minimum absolute atomic E-state index is 0.439. The Labute approximate surface area is 128 Å². The number of anilines is 1. The van der Waals surface area contributed by atoms with Crippen molar-refractivity contribution in [2.24, 2.45) is 0 Å². The number of hydrogen-bond acceptors (Lipinski definition) is 2. The number of H-pyrrole nitrogens is 1. The van der Waals surface area contributed by atoms with Gasteiger partial charge >= 0.3 is 5.97 Å². The third-order valence-corrected chi connectivity index (χ3v) is 3.82. The number of carbonyl (C=O) groups is 1. The molecular weight excluding hydrogens is 276 g/mol. The fraction of sp³-hybridized carbons (Fsp3) is 0.167. The van der Waals surface area contributed by atoms with Crippen LogP contribution >= 0.6 is 0 Å². The molecule has 1 atom stereocenters. The number of fused-ring (bicyclic) bond motifs is 1. The molecule has 0 unspecified atom stereocenters. The van der Waals surface area contributed by atoms with Crippen molar-refractivity contribution < 1.29 is 9.90 Å². The van der Waals surface area contributed by atoms with E-state index in [0.717, 1.165) is 27.7 Å². The Bertz CT molecular complexity index is 793. The predicted octanol–water partition coefficient (Wildman–Crippen LogP) is 3.58. The molecule has 0 aliphatic heterocycles. The maximum Gasteiger partial charge on any atom is 0.326 e. The Hall–Kier alpha value is -2.75. The molecule has 4 nitrogen and oxygen atoms in total. The van der Waals surface area contributed by atoms with Gasteiger partial charge in [-0.15, -0.1) is 0 Å². The second-order valence-corrected chi connectivity index (χ2v) is 5.42. The third-order valence-electron chi connectivity index (χ3n) is 3.82. The van der Waals surface area contributed by atoms with Crippen LogP contribution in [0.5, 0.6) is 0 Å². The Kier molecular flexibility index (Phi) is 3.83. The molecule has 0 amide bonds. The highest BCUT2D eigenvalue weighted by atomic mass is 16.4. The van der Waals surface area contributed by atoms with E-state index >= 15 is 0 Å². The summed E-state index contributed by atoms with van der Waals surface area (Å²) in [7, 11) is 0. The lowest BCUT2D eigenvalue weighted by Crippen LogP contribution is -2.31. The number of carboxylic acids is 1. The molecule has 0 radical (unpaired) electrons. The van der Waals surface area contributed by atoms with Crippen LogP contribution < -0.4 is 5.32 Å². The van der Waals surface area contributed by atoms with Gasteiger partial charge in [0.15, 0.2) is 0 Å². The van der Waals surface area contributed by atoms with Crippen LogP contribution in [-0.2, 0) is 11.2 Å². The van der Waals surface area contributed by atoms with Gasteiger partial charge in [-0.05, 0) is 24.1 Å². The zero-order valence-electron chi connectivity index (χ0n) is 12.3. The first-order valence-corrected chi connectivity index (χ1v) is 7.25. The van der Waals surface area contributed by atoms with Crippen molar-refractivity contribution in [3.63, 3.8) is 0 Å². The standard InChI is InChI=1S/C18H18N2O2/c1-12-6-5-9-14-17(12)16(11-19-14)20-15(18(21)22)10-13-7-3-2-4-8-13/h2-9,11,15,19-20H,10H2,1H3,(H,21,22)/t15-/m0/s1. The van der Waals surface area contributed by atoms with Crippen LogP contribution in [0.25, 0.3) is 10.9 Å². The van der Waals surface area contributed by atoms with Crippen molar-refractivity contribution in [2.45, 2.75) is 19.4 Å². The monoisotopic (exact) mass is 294 g/mol. The SMILES string of the molecule is Cc1cccc2[nH]cc(N[C@@H](Cc3ccccc3)C(=O)O)c12. The van der Waals surface area contributed by atoms with E-state index in [1.807, 2.05) is 61.7 Å². The van der Waals surface area contributed by atoms with E-state index in [1.165, 1.54) is 0 Å². The van der Waals surface area contributed by atoms with Crippen LogP contribution in [0.2, 0.25) is 0 Å². The molecule has 0 spiro atoms. The summed E-state index contributed by atoms with van der Waals surface area (Å²) < 4.78 is 0. The van der Waals surface area contributed by atoms with Crippen LogP contribution in [0, 0.1) is 6.92 Å². The van der Waals surface area contributed by atoms with Crippen LogP contribution in [-0.4, -0.2) is 22.1 Å². The molecule has 0 aliphatic carbocycles. The minimum Gasteiger partial charge on any atom is -0.480 e. The molecule has 2 aromatic carbocycles. The third kappa shape index (κ3) is 2.81. The predicted molar refractivity (Wildman–Crippen MR) is 88.2 cm³/mol. The summed E-state index contributed by atoms with van der Waals surface area (Å²) in [4.78, 5) is 14.8. The highest BCUT2D eigenvalue weighted by Crippen LogP contribution is 2.27. The van der Waals surface area contributed by atoms with E-state index in [9.17, 15) is 9.90 Å². The molecule has 3 N–H and O–H groups in total. The molecule has 112 valence electrons. The van der Waals surface area contributed by atoms with Crippen molar-refractivity contribution in [3.8, 4) is 0 Å². The molecule has 1 aromatic heterocycles. The largest absolute Gasteiger partial charge is 0.480 e. The zero-order chi connectivity index (χ0) is 15.5. The summed E-state index contributed by atoms with van der Waals surface area (Å²) in [5.74, 6) is -0.855. The smallest absolute Gasteiger partial charge is 0.326 e. The summed E-state index contributed by atoms with van der Waals surface area (Å²) in [6.07, 6.45) is 2.27. The molecule has 1 heterocycles. The van der Waals surface area contributed by atoms with E-state index in [4.69, 9.17) is 0 Å². The second kappa shape index (κ2) is 5.93. The minimum atomic E-state index is -0.855. The van der Waals surface area contributed by atoms with Crippen LogP contribution in [0.15, 0.2) is 54.7 Å². The molecule has 0 fully saturated rings. The fourth-order valence-corrected chi connectivity index (χ4v) is 2.72. The second-order valence-electron chi connectivity index (χ2n) is 5.42. The van der Waals surface area contributed by atoms with Gasteiger partial charge in [-0.3, -0.25) is 0 Å². The highest BCUT2D eigenvalue weighted by Gasteiger charge is 2.19. The number of hydrogen-bond donors (Lipinski definition) is 3. The summed E-state index contributed by atoms with van der Waals surface area (Å²) in [6, 6.07) is 15.0. The normalized spacial score (nSPS) is 12.2. The molecule has 3 rings (SSSR count). The maximum absolute atomic E-state index is 11.6. The summed E-state index contributed by atoms with van der Waals surface area (Å²) >= 11 is 0.